The van der Waals surface area contributed by atoms with Gasteiger partial charge in [0.25, 0.3) is 0 Å². The molecule has 1 aromatic rings. The van der Waals surface area contributed by atoms with Crippen molar-refractivity contribution in [1.29, 1.82) is 0 Å². The molecule has 3 heteroatoms. The molecule has 72 valence electrons. The molecule has 0 aliphatic heterocycles. The number of rotatable bonds is 3. The molecule has 0 bridgehead atoms. The zero-order chi connectivity index (χ0) is 9.84. The zero-order valence-electron chi connectivity index (χ0n) is 8.16. The summed E-state index contributed by atoms with van der Waals surface area (Å²) in [6.45, 7) is 4.28. The molecule has 0 aliphatic rings. The predicted octanol–water partition coefficient (Wildman–Crippen LogP) is 2.73. The fourth-order valence-corrected chi connectivity index (χ4v) is 2.06. The zero-order valence-corrected chi connectivity index (χ0v) is 8.98. The summed E-state index contributed by atoms with van der Waals surface area (Å²) in [5.41, 5.74) is 1.10. The van der Waals surface area contributed by atoms with E-state index in [4.69, 9.17) is 0 Å². The molecule has 13 heavy (non-hydrogen) atoms. The van der Waals surface area contributed by atoms with E-state index in [1.54, 1.807) is 0 Å². The average Bonchev–Trinajstić information content (AvgIpc) is 2.50. The lowest BCUT2D eigenvalue weighted by Gasteiger charge is -2.04. The van der Waals surface area contributed by atoms with E-state index in [1.807, 2.05) is 11.4 Å². The molecule has 0 spiro atoms. The second-order valence-electron chi connectivity index (χ2n) is 3.36. The van der Waals surface area contributed by atoms with Gasteiger partial charge >= 0.3 is 5.97 Å². The Kier molecular flexibility index (Phi) is 3.48. The molecule has 0 saturated heterocycles. The van der Waals surface area contributed by atoms with E-state index >= 15 is 0 Å². The fraction of sp³-hybridized carbons (Fsp3) is 0.500. The monoisotopic (exact) mass is 198 g/mol. The van der Waals surface area contributed by atoms with Gasteiger partial charge in [0.15, 0.2) is 0 Å². The van der Waals surface area contributed by atoms with Gasteiger partial charge in [-0.25, -0.2) is 4.79 Å². The molecule has 1 aromatic heterocycles. The summed E-state index contributed by atoms with van der Waals surface area (Å²) < 4.78 is 4.69. The summed E-state index contributed by atoms with van der Waals surface area (Å²) in [4.78, 5) is 12.0. The summed E-state index contributed by atoms with van der Waals surface area (Å²) in [6.07, 6.45) is 0.938. The Hall–Kier alpha value is -0.830. The molecule has 0 atom stereocenters. The number of methoxy groups -OCH3 is 1. The third-order valence-corrected chi connectivity index (χ3v) is 2.68. The van der Waals surface area contributed by atoms with Crippen molar-refractivity contribution in [2.75, 3.05) is 7.11 Å². The number of hydrogen-bond donors (Lipinski definition) is 0. The van der Waals surface area contributed by atoms with Gasteiger partial charge in [0.05, 0.1) is 7.11 Å². The Morgan fingerprint density at radius 1 is 1.62 bits per heavy atom. The normalized spacial score (nSPS) is 10.5. The minimum Gasteiger partial charge on any atom is -0.465 e. The van der Waals surface area contributed by atoms with Gasteiger partial charge in [-0.1, -0.05) is 13.8 Å². The van der Waals surface area contributed by atoms with Crippen LogP contribution in [0.1, 0.15) is 29.1 Å². The molecule has 0 fully saturated rings. The summed E-state index contributed by atoms with van der Waals surface area (Å²) in [7, 11) is 1.42. The SMILES string of the molecule is COC(=O)c1sccc1CC(C)C. The lowest BCUT2D eigenvalue weighted by molar-refractivity contribution is 0.0605. The van der Waals surface area contributed by atoms with Crippen LogP contribution in [0.25, 0.3) is 0 Å². The fourth-order valence-electron chi connectivity index (χ4n) is 1.21. The van der Waals surface area contributed by atoms with E-state index in [2.05, 4.69) is 18.6 Å². The van der Waals surface area contributed by atoms with Crippen molar-refractivity contribution in [3.8, 4) is 0 Å². The smallest absolute Gasteiger partial charge is 0.348 e. The highest BCUT2D eigenvalue weighted by molar-refractivity contribution is 7.12. The maximum Gasteiger partial charge on any atom is 0.348 e. The van der Waals surface area contributed by atoms with Gasteiger partial charge in [-0.2, -0.15) is 0 Å². The third-order valence-electron chi connectivity index (χ3n) is 1.75. The van der Waals surface area contributed by atoms with Crippen LogP contribution >= 0.6 is 11.3 Å². The molecular weight excluding hydrogens is 184 g/mol. The van der Waals surface area contributed by atoms with Crippen LogP contribution in [0.4, 0.5) is 0 Å². The first-order chi connectivity index (χ1) is 6.15. The molecule has 0 aliphatic carbocycles. The molecule has 0 amide bonds. The first kappa shape index (κ1) is 10.3. The van der Waals surface area contributed by atoms with Crippen molar-refractivity contribution in [3.05, 3.63) is 21.9 Å². The summed E-state index contributed by atoms with van der Waals surface area (Å²) in [5, 5.41) is 1.93. The highest BCUT2D eigenvalue weighted by Gasteiger charge is 2.13. The minimum absolute atomic E-state index is 0.217. The highest BCUT2D eigenvalue weighted by Crippen LogP contribution is 2.20. The number of carbonyl (C=O) groups excluding carboxylic acids is 1. The maximum absolute atomic E-state index is 11.3. The lowest BCUT2D eigenvalue weighted by atomic mass is 10.0. The van der Waals surface area contributed by atoms with Crippen LogP contribution < -0.4 is 0 Å². The average molecular weight is 198 g/mol. The second kappa shape index (κ2) is 4.42. The van der Waals surface area contributed by atoms with Crippen molar-refractivity contribution < 1.29 is 9.53 Å². The van der Waals surface area contributed by atoms with Crippen LogP contribution in [0.2, 0.25) is 0 Å². The first-order valence-electron chi connectivity index (χ1n) is 4.29. The van der Waals surface area contributed by atoms with Gasteiger partial charge in [-0.05, 0) is 29.3 Å². The van der Waals surface area contributed by atoms with E-state index in [-0.39, 0.29) is 5.97 Å². The van der Waals surface area contributed by atoms with Crippen molar-refractivity contribution >= 4 is 17.3 Å². The quantitative estimate of drug-likeness (QED) is 0.698. The molecule has 0 aromatic carbocycles. The first-order valence-corrected chi connectivity index (χ1v) is 5.17. The molecule has 0 saturated carbocycles. The van der Waals surface area contributed by atoms with Gasteiger partial charge in [0, 0.05) is 0 Å². The maximum atomic E-state index is 11.3. The molecule has 0 unspecified atom stereocenters. The van der Waals surface area contributed by atoms with Crippen molar-refractivity contribution in [3.63, 3.8) is 0 Å². The number of carbonyl (C=O) groups is 1. The van der Waals surface area contributed by atoms with Crippen LogP contribution in [0.5, 0.6) is 0 Å². The Labute approximate surface area is 82.5 Å². The topological polar surface area (TPSA) is 26.3 Å². The van der Waals surface area contributed by atoms with Crippen LogP contribution in [0.3, 0.4) is 0 Å². The highest BCUT2D eigenvalue weighted by atomic mass is 32.1. The van der Waals surface area contributed by atoms with Gasteiger partial charge in [0.2, 0.25) is 0 Å². The Balaban J connectivity index is 2.83. The van der Waals surface area contributed by atoms with Gasteiger partial charge in [0.1, 0.15) is 4.88 Å². The molecule has 2 nitrogen and oxygen atoms in total. The third kappa shape index (κ3) is 2.56. The van der Waals surface area contributed by atoms with E-state index in [1.165, 1.54) is 18.4 Å². The lowest BCUT2D eigenvalue weighted by Crippen LogP contribution is -2.03. The number of hydrogen-bond acceptors (Lipinski definition) is 3. The Morgan fingerprint density at radius 2 is 2.31 bits per heavy atom. The van der Waals surface area contributed by atoms with Crippen molar-refractivity contribution in [2.45, 2.75) is 20.3 Å². The predicted molar refractivity (Wildman–Crippen MR) is 54.2 cm³/mol. The van der Waals surface area contributed by atoms with Gasteiger partial charge in [-0.3, -0.25) is 0 Å². The molecular formula is C10H14O2S. The molecule has 0 N–H and O–H groups in total. The Bertz CT molecular complexity index is 289. The molecule has 0 radical (unpaired) electrons. The molecule has 1 heterocycles. The summed E-state index contributed by atoms with van der Waals surface area (Å²) in [5.74, 6) is 0.351. The molecule has 1 rings (SSSR count). The second-order valence-corrected chi connectivity index (χ2v) is 4.28. The van der Waals surface area contributed by atoms with Crippen molar-refractivity contribution in [2.24, 2.45) is 5.92 Å². The standard InChI is InChI=1S/C10H14O2S/c1-7(2)6-8-4-5-13-9(8)10(11)12-3/h4-5,7H,6H2,1-3H3. The largest absolute Gasteiger partial charge is 0.465 e. The van der Waals surface area contributed by atoms with Crippen LogP contribution in [0, 0.1) is 5.92 Å². The number of esters is 1. The van der Waals surface area contributed by atoms with E-state index < -0.39 is 0 Å². The minimum atomic E-state index is -0.217. The Morgan fingerprint density at radius 3 is 2.85 bits per heavy atom. The van der Waals surface area contributed by atoms with E-state index in [9.17, 15) is 4.79 Å². The van der Waals surface area contributed by atoms with E-state index in [0.717, 1.165) is 16.9 Å². The summed E-state index contributed by atoms with van der Waals surface area (Å²) in [6, 6.07) is 2.00. The number of thiophene rings is 1. The van der Waals surface area contributed by atoms with Crippen LogP contribution in [0.15, 0.2) is 11.4 Å². The van der Waals surface area contributed by atoms with E-state index in [0.29, 0.717) is 5.92 Å². The van der Waals surface area contributed by atoms with Crippen LogP contribution in [-0.4, -0.2) is 13.1 Å². The van der Waals surface area contributed by atoms with Gasteiger partial charge < -0.3 is 4.74 Å². The van der Waals surface area contributed by atoms with Crippen LogP contribution in [-0.2, 0) is 11.2 Å². The number of ether oxygens (including phenoxy) is 1. The summed E-state index contributed by atoms with van der Waals surface area (Å²) >= 11 is 1.45. The van der Waals surface area contributed by atoms with Crippen molar-refractivity contribution in [1.82, 2.24) is 0 Å². The van der Waals surface area contributed by atoms with Gasteiger partial charge in [-0.15, -0.1) is 11.3 Å².